The van der Waals surface area contributed by atoms with E-state index in [1.54, 1.807) is 18.2 Å². The first-order chi connectivity index (χ1) is 11.5. The van der Waals surface area contributed by atoms with Crippen LogP contribution >= 0.6 is 0 Å². The van der Waals surface area contributed by atoms with Crippen molar-refractivity contribution in [3.05, 3.63) is 41.5 Å². The third kappa shape index (κ3) is 2.86. The molecule has 0 saturated carbocycles. The van der Waals surface area contributed by atoms with Crippen molar-refractivity contribution >= 4 is 17.6 Å². The standard InChI is InChI=1S/C19H21NO4/c1-3-24-17-9-8-13(12(2)21)10-14(17)11-20-18(22)15-6-4-5-7-16(15)19(20)23/h4-5,8-10,15-16H,3,6-7,11H2,1-2H3/t15-,16-/m1/s1. The molecule has 5 heteroatoms. The number of nitrogens with zero attached hydrogens (tertiary/aromatic N) is 1. The molecule has 126 valence electrons. The van der Waals surface area contributed by atoms with E-state index in [-0.39, 0.29) is 36.0 Å². The number of amides is 2. The quantitative estimate of drug-likeness (QED) is 0.474. The van der Waals surface area contributed by atoms with E-state index in [4.69, 9.17) is 4.74 Å². The number of allylic oxidation sites excluding steroid dienone is 2. The maximum atomic E-state index is 12.6. The van der Waals surface area contributed by atoms with Gasteiger partial charge in [0, 0.05) is 11.1 Å². The van der Waals surface area contributed by atoms with Gasteiger partial charge in [0.15, 0.2) is 5.78 Å². The van der Waals surface area contributed by atoms with E-state index in [1.165, 1.54) is 11.8 Å². The number of Topliss-reactive ketones (excluding diaryl/α,β-unsaturated/α-hetero) is 1. The van der Waals surface area contributed by atoms with Crippen molar-refractivity contribution in [2.75, 3.05) is 6.61 Å². The van der Waals surface area contributed by atoms with E-state index < -0.39 is 0 Å². The highest BCUT2D eigenvalue weighted by atomic mass is 16.5. The molecule has 1 saturated heterocycles. The highest BCUT2D eigenvalue weighted by Gasteiger charge is 2.47. The minimum atomic E-state index is -0.242. The van der Waals surface area contributed by atoms with E-state index in [2.05, 4.69) is 0 Å². The maximum Gasteiger partial charge on any atom is 0.233 e. The molecule has 1 fully saturated rings. The smallest absolute Gasteiger partial charge is 0.233 e. The molecular formula is C19H21NO4. The molecule has 1 aliphatic heterocycles. The second-order valence-corrected chi connectivity index (χ2v) is 6.23. The van der Waals surface area contributed by atoms with Crippen LogP contribution < -0.4 is 4.74 Å². The summed E-state index contributed by atoms with van der Waals surface area (Å²) in [6.07, 6.45) is 5.19. The van der Waals surface area contributed by atoms with E-state index in [0.717, 1.165) is 0 Å². The molecule has 0 N–H and O–H groups in total. The largest absolute Gasteiger partial charge is 0.494 e. The van der Waals surface area contributed by atoms with Gasteiger partial charge in [0.2, 0.25) is 11.8 Å². The summed E-state index contributed by atoms with van der Waals surface area (Å²) in [4.78, 5) is 38.2. The van der Waals surface area contributed by atoms with Gasteiger partial charge in [-0.1, -0.05) is 12.2 Å². The van der Waals surface area contributed by atoms with Crippen molar-refractivity contribution in [1.82, 2.24) is 4.90 Å². The highest BCUT2D eigenvalue weighted by molar-refractivity contribution is 6.05. The number of carbonyl (C=O) groups is 3. The summed E-state index contributed by atoms with van der Waals surface area (Å²) in [5.74, 6) is -0.176. The van der Waals surface area contributed by atoms with Crippen LogP contribution in [0, 0.1) is 11.8 Å². The lowest BCUT2D eigenvalue weighted by atomic mass is 9.85. The molecule has 1 aromatic rings. The summed E-state index contributed by atoms with van der Waals surface area (Å²) in [5.41, 5.74) is 1.24. The lowest BCUT2D eigenvalue weighted by molar-refractivity contribution is -0.140. The SMILES string of the molecule is CCOc1ccc(C(C)=O)cc1CN1C(=O)[C@@H]2CC=CC[C@H]2C1=O. The molecule has 5 nitrogen and oxygen atoms in total. The summed E-state index contributed by atoms with van der Waals surface area (Å²) < 4.78 is 5.60. The fourth-order valence-corrected chi connectivity index (χ4v) is 3.41. The van der Waals surface area contributed by atoms with Gasteiger partial charge in [-0.25, -0.2) is 0 Å². The Hall–Kier alpha value is -2.43. The monoisotopic (exact) mass is 327 g/mol. The summed E-state index contributed by atoms with van der Waals surface area (Å²) in [7, 11) is 0. The molecule has 2 aliphatic rings. The van der Waals surface area contributed by atoms with Gasteiger partial charge in [0.1, 0.15) is 5.75 Å². The number of ether oxygens (including phenoxy) is 1. The lowest BCUT2D eigenvalue weighted by Gasteiger charge is -2.18. The highest BCUT2D eigenvalue weighted by Crippen LogP contribution is 2.36. The summed E-state index contributed by atoms with van der Waals surface area (Å²) in [5, 5.41) is 0. The number of benzene rings is 1. The zero-order chi connectivity index (χ0) is 17.3. The number of imide groups is 1. The van der Waals surface area contributed by atoms with Gasteiger partial charge in [0.25, 0.3) is 0 Å². The Balaban J connectivity index is 1.90. The molecule has 0 bridgehead atoms. The van der Waals surface area contributed by atoms with Crippen LogP contribution in [0.4, 0.5) is 0 Å². The van der Waals surface area contributed by atoms with Crippen LogP contribution in [0.25, 0.3) is 0 Å². The number of ketones is 1. The first kappa shape index (κ1) is 16.4. The first-order valence-electron chi connectivity index (χ1n) is 8.29. The van der Waals surface area contributed by atoms with Crippen LogP contribution in [0.1, 0.15) is 42.6 Å². The van der Waals surface area contributed by atoms with Crippen molar-refractivity contribution < 1.29 is 19.1 Å². The van der Waals surface area contributed by atoms with Crippen LogP contribution in [0.2, 0.25) is 0 Å². The Kier molecular flexibility index (Phi) is 4.51. The number of likely N-dealkylation sites (tertiary alicyclic amines) is 1. The summed E-state index contributed by atoms with van der Waals surface area (Å²) in [6.45, 7) is 3.99. The van der Waals surface area contributed by atoms with Gasteiger partial charge in [0.05, 0.1) is 25.0 Å². The zero-order valence-corrected chi connectivity index (χ0v) is 14.0. The lowest BCUT2D eigenvalue weighted by Crippen LogP contribution is -2.30. The molecule has 0 unspecified atom stereocenters. The van der Waals surface area contributed by atoms with Gasteiger partial charge in [-0.15, -0.1) is 0 Å². The number of rotatable bonds is 5. The Morgan fingerprint density at radius 3 is 2.33 bits per heavy atom. The maximum absolute atomic E-state index is 12.6. The minimum absolute atomic E-state index is 0.0590. The molecule has 1 heterocycles. The summed E-state index contributed by atoms with van der Waals surface area (Å²) in [6, 6.07) is 5.15. The molecule has 0 radical (unpaired) electrons. The van der Waals surface area contributed by atoms with E-state index in [1.807, 2.05) is 19.1 Å². The third-order valence-corrected chi connectivity index (χ3v) is 4.69. The van der Waals surface area contributed by atoms with Crippen LogP contribution in [-0.4, -0.2) is 29.1 Å². The Morgan fingerprint density at radius 1 is 1.17 bits per heavy atom. The van der Waals surface area contributed by atoms with Crippen LogP contribution in [-0.2, 0) is 16.1 Å². The third-order valence-electron chi connectivity index (χ3n) is 4.69. The fraction of sp³-hybridized carbons (Fsp3) is 0.421. The Morgan fingerprint density at radius 2 is 1.79 bits per heavy atom. The normalized spacial score (nSPS) is 22.7. The number of hydrogen-bond donors (Lipinski definition) is 0. The van der Waals surface area contributed by atoms with Crippen molar-refractivity contribution in [2.45, 2.75) is 33.2 Å². The predicted molar refractivity (Wildman–Crippen MR) is 88.5 cm³/mol. The van der Waals surface area contributed by atoms with E-state index in [9.17, 15) is 14.4 Å². The van der Waals surface area contributed by atoms with Gasteiger partial charge in [-0.2, -0.15) is 0 Å². The molecular weight excluding hydrogens is 306 g/mol. The van der Waals surface area contributed by atoms with Gasteiger partial charge in [-0.05, 0) is 44.9 Å². The van der Waals surface area contributed by atoms with Crippen molar-refractivity contribution in [2.24, 2.45) is 11.8 Å². The van der Waals surface area contributed by atoms with E-state index in [0.29, 0.717) is 36.3 Å². The van der Waals surface area contributed by atoms with E-state index >= 15 is 0 Å². The fourth-order valence-electron chi connectivity index (χ4n) is 3.41. The first-order valence-corrected chi connectivity index (χ1v) is 8.29. The minimum Gasteiger partial charge on any atom is -0.494 e. The molecule has 1 aromatic carbocycles. The van der Waals surface area contributed by atoms with Crippen LogP contribution in [0.5, 0.6) is 5.75 Å². The molecule has 2 amide bonds. The Bertz CT molecular complexity index is 696. The molecule has 24 heavy (non-hydrogen) atoms. The summed E-state index contributed by atoms with van der Waals surface area (Å²) >= 11 is 0. The molecule has 3 rings (SSSR count). The molecule has 0 spiro atoms. The van der Waals surface area contributed by atoms with Crippen molar-refractivity contribution in [1.29, 1.82) is 0 Å². The van der Waals surface area contributed by atoms with Crippen LogP contribution in [0.3, 0.4) is 0 Å². The average Bonchev–Trinajstić information content (AvgIpc) is 2.82. The molecule has 1 aliphatic carbocycles. The molecule has 0 aromatic heterocycles. The zero-order valence-electron chi connectivity index (χ0n) is 14.0. The Labute approximate surface area is 141 Å². The van der Waals surface area contributed by atoms with Gasteiger partial charge < -0.3 is 4.74 Å². The van der Waals surface area contributed by atoms with Crippen molar-refractivity contribution in [3.8, 4) is 5.75 Å². The second-order valence-electron chi connectivity index (χ2n) is 6.23. The van der Waals surface area contributed by atoms with Gasteiger partial charge >= 0.3 is 0 Å². The predicted octanol–water partition coefficient (Wildman–Crippen LogP) is 2.74. The van der Waals surface area contributed by atoms with Crippen molar-refractivity contribution in [3.63, 3.8) is 0 Å². The second kappa shape index (κ2) is 6.59. The van der Waals surface area contributed by atoms with Crippen LogP contribution in [0.15, 0.2) is 30.4 Å². The number of carbonyl (C=O) groups excluding carboxylic acids is 3. The molecule has 2 atom stereocenters. The number of hydrogen-bond acceptors (Lipinski definition) is 4. The topological polar surface area (TPSA) is 63.7 Å². The van der Waals surface area contributed by atoms with Gasteiger partial charge in [-0.3, -0.25) is 19.3 Å². The average molecular weight is 327 g/mol. The number of fused-ring (bicyclic) bond motifs is 1.